The van der Waals surface area contributed by atoms with Gasteiger partial charge in [0.2, 0.25) is 0 Å². The molecule has 1 saturated heterocycles. The number of fused-ring (bicyclic) bond motifs is 1. The number of benzene rings is 1. The van der Waals surface area contributed by atoms with E-state index in [0.717, 1.165) is 25.0 Å². The zero-order chi connectivity index (χ0) is 25.4. The van der Waals surface area contributed by atoms with Crippen LogP contribution in [0.25, 0.3) is 0 Å². The highest BCUT2D eigenvalue weighted by Crippen LogP contribution is 2.32. The maximum absolute atomic E-state index is 12.7. The first kappa shape index (κ1) is 24.8. The molecule has 13 heteroatoms. The van der Waals surface area contributed by atoms with E-state index in [2.05, 4.69) is 9.88 Å². The highest BCUT2D eigenvalue weighted by Gasteiger charge is 2.42. The lowest BCUT2D eigenvalue weighted by Gasteiger charge is -2.38. The number of halogens is 3. The first-order chi connectivity index (χ1) is 16.4. The van der Waals surface area contributed by atoms with Gasteiger partial charge in [-0.1, -0.05) is 12.1 Å². The summed E-state index contributed by atoms with van der Waals surface area (Å²) in [5, 5.41) is 10.9. The van der Waals surface area contributed by atoms with Crippen molar-refractivity contribution in [3.63, 3.8) is 0 Å². The first-order valence-corrected chi connectivity index (χ1v) is 11.1. The second-order valence-corrected chi connectivity index (χ2v) is 9.20. The van der Waals surface area contributed by atoms with Crippen LogP contribution in [0.2, 0.25) is 0 Å². The molecule has 0 aliphatic carbocycles. The van der Waals surface area contributed by atoms with Gasteiger partial charge in [0, 0.05) is 30.7 Å². The number of ether oxygens (including phenoxy) is 2. The Balaban J connectivity index is 1.22. The number of amides is 1. The Morgan fingerprint density at radius 1 is 1.31 bits per heavy atom. The van der Waals surface area contributed by atoms with Crippen LogP contribution in [-0.2, 0) is 24.1 Å². The fraction of sp³-hybridized carbons (Fsp3) is 0.545. The van der Waals surface area contributed by atoms with Gasteiger partial charge in [-0.2, -0.15) is 13.2 Å². The Kier molecular flexibility index (Phi) is 6.62. The third-order valence-electron chi connectivity index (χ3n) is 6.33. The zero-order valence-electron chi connectivity index (χ0n) is 19.3. The average molecular weight is 497 g/mol. The van der Waals surface area contributed by atoms with E-state index >= 15 is 0 Å². The number of aromatic nitrogens is 2. The lowest BCUT2D eigenvalue weighted by atomic mass is 10.0. The summed E-state index contributed by atoms with van der Waals surface area (Å²) in [5.74, 6) is -0.243. The molecule has 1 amide bonds. The fourth-order valence-corrected chi connectivity index (χ4v) is 4.54. The highest BCUT2D eigenvalue weighted by molar-refractivity contribution is 5.67. The maximum Gasteiger partial charge on any atom is 0.416 e. The highest BCUT2D eigenvalue weighted by atomic mass is 19.4. The number of likely N-dealkylation sites (N-methyl/N-ethyl adjacent to an activating group) is 1. The number of nitrogens with zero attached hydrogens (tertiary/aromatic N) is 5. The van der Waals surface area contributed by atoms with Gasteiger partial charge in [-0.15, -0.1) is 0 Å². The van der Waals surface area contributed by atoms with Crippen LogP contribution >= 0.6 is 0 Å². The average Bonchev–Trinajstić information content (AvgIpc) is 3.32. The Morgan fingerprint density at radius 3 is 2.54 bits per heavy atom. The van der Waals surface area contributed by atoms with E-state index in [1.54, 1.807) is 9.47 Å². The van der Waals surface area contributed by atoms with Crippen molar-refractivity contribution in [1.29, 1.82) is 0 Å². The summed E-state index contributed by atoms with van der Waals surface area (Å²) >= 11 is 0. The monoisotopic (exact) mass is 497 g/mol. The summed E-state index contributed by atoms with van der Waals surface area (Å²) in [6.07, 6.45) is -2.09. The van der Waals surface area contributed by atoms with Crippen LogP contribution < -0.4 is 4.74 Å². The smallest absolute Gasteiger partial charge is 0.416 e. The van der Waals surface area contributed by atoms with E-state index in [-0.39, 0.29) is 24.5 Å². The molecule has 0 saturated carbocycles. The van der Waals surface area contributed by atoms with Crippen molar-refractivity contribution in [2.75, 3.05) is 26.7 Å². The molecule has 1 aromatic carbocycles. The van der Waals surface area contributed by atoms with Gasteiger partial charge in [0.05, 0.1) is 12.1 Å². The molecule has 1 aromatic heterocycles. The van der Waals surface area contributed by atoms with E-state index < -0.39 is 28.4 Å². The van der Waals surface area contributed by atoms with Gasteiger partial charge in [-0.25, -0.2) is 4.79 Å². The number of hydrogen-bond donors (Lipinski definition) is 0. The first-order valence-electron chi connectivity index (χ1n) is 11.1. The molecule has 0 bridgehead atoms. The second kappa shape index (κ2) is 9.36. The molecule has 2 aromatic rings. The number of carbonyl (C=O) groups is 1. The summed E-state index contributed by atoms with van der Waals surface area (Å²) in [5.41, 5.74) is -0.845. The number of likely N-dealkylation sites (tertiary alicyclic amines) is 1. The summed E-state index contributed by atoms with van der Waals surface area (Å²) in [7, 11) is 1.97. The van der Waals surface area contributed by atoms with Crippen molar-refractivity contribution in [2.45, 2.75) is 50.7 Å². The molecule has 2 aliphatic rings. The number of alkyl halides is 3. The van der Waals surface area contributed by atoms with Gasteiger partial charge < -0.3 is 24.5 Å². The molecule has 0 spiro atoms. The van der Waals surface area contributed by atoms with Gasteiger partial charge in [0.1, 0.15) is 18.4 Å². The van der Waals surface area contributed by atoms with Gasteiger partial charge in [-0.05, 0) is 49.4 Å². The van der Waals surface area contributed by atoms with E-state index in [1.165, 1.54) is 18.3 Å². The Labute approximate surface area is 199 Å². The number of piperidine rings is 1. The molecule has 2 aliphatic heterocycles. The van der Waals surface area contributed by atoms with Gasteiger partial charge >= 0.3 is 24.1 Å². The third-order valence-corrected chi connectivity index (χ3v) is 6.33. The molecule has 1 fully saturated rings. The van der Waals surface area contributed by atoms with Crippen LogP contribution in [0.4, 0.5) is 23.8 Å². The molecular formula is C22H26F3N5O5. The molecule has 4 rings (SSSR count). The molecule has 0 radical (unpaired) electrons. The van der Waals surface area contributed by atoms with Crippen LogP contribution in [0.5, 0.6) is 6.01 Å². The molecule has 190 valence electrons. The van der Waals surface area contributed by atoms with E-state index in [0.29, 0.717) is 31.7 Å². The van der Waals surface area contributed by atoms with E-state index in [1.807, 2.05) is 14.0 Å². The van der Waals surface area contributed by atoms with Crippen LogP contribution in [0.3, 0.4) is 0 Å². The number of hydrogen-bond acceptors (Lipinski definition) is 7. The number of carbonyl (C=O) groups excluding carboxylic acids is 1. The zero-order valence-corrected chi connectivity index (χ0v) is 19.3. The second-order valence-electron chi connectivity index (χ2n) is 9.20. The number of imidazole rings is 1. The van der Waals surface area contributed by atoms with Gasteiger partial charge in [0.15, 0.2) is 0 Å². The molecule has 35 heavy (non-hydrogen) atoms. The molecule has 0 N–H and O–H groups in total. The summed E-state index contributed by atoms with van der Waals surface area (Å²) in [6, 6.07) is 4.97. The number of rotatable bonds is 6. The van der Waals surface area contributed by atoms with Gasteiger partial charge in [-0.3, -0.25) is 9.47 Å². The molecule has 3 heterocycles. The van der Waals surface area contributed by atoms with Crippen molar-refractivity contribution in [3.05, 3.63) is 51.7 Å². The molecule has 10 nitrogen and oxygen atoms in total. The van der Waals surface area contributed by atoms with E-state index in [4.69, 9.17) is 9.47 Å². The Bertz CT molecular complexity index is 1060. The predicted octanol–water partition coefficient (Wildman–Crippen LogP) is 3.69. The van der Waals surface area contributed by atoms with Crippen molar-refractivity contribution >= 4 is 11.9 Å². The largest absolute Gasteiger partial charge is 0.445 e. The van der Waals surface area contributed by atoms with Crippen molar-refractivity contribution < 1.29 is 32.4 Å². The lowest BCUT2D eigenvalue weighted by Crippen LogP contribution is -2.51. The van der Waals surface area contributed by atoms with Crippen LogP contribution in [-0.4, -0.2) is 68.7 Å². The third kappa shape index (κ3) is 5.66. The van der Waals surface area contributed by atoms with Crippen molar-refractivity contribution in [2.24, 2.45) is 0 Å². The topological polar surface area (TPSA) is 103 Å². The molecule has 1 atom stereocenters. The van der Waals surface area contributed by atoms with Crippen molar-refractivity contribution in [1.82, 2.24) is 19.4 Å². The Hall–Kier alpha value is -3.35. The summed E-state index contributed by atoms with van der Waals surface area (Å²) in [4.78, 5) is 30.4. The van der Waals surface area contributed by atoms with Crippen molar-refractivity contribution in [3.8, 4) is 6.01 Å². The quantitative estimate of drug-likeness (QED) is 0.443. The van der Waals surface area contributed by atoms with Crippen LogP contribution in [0, 0.1) is 10.1 Å². The minimum absolute atomic E-state index is 0.0977. The predicted molar refractivity (Wildman–Crippen MR) is 117 cm³/mol. The standard InChI is InChI=1S/C22H26F3N5O5/c1-21(14-29-11-18(30(32)33)26-19(29)35-21)13-27(2)17-7-9-28(10-8-17)20(31)34-12-15-3-5-16(6-4-15)22(23,24)25/h3-6,11,17H,7-10,12-14H2,1-2H3/t21-/m0/s1. The van der Waals surface area contributed by atoms with Gasteiger partial charge in [0.25, 0.3) is 0 Å². The lowest BCUT2D eigenvalue weighted by molar-refractivity contribution is -0.389. The summed E-state index contributed by atoms with van der Waals surface area (Å²) in [6.45, 7) is 3.84. The van der Waals surface area contributed by atoms with Crippen LogP contribution in [0.1, 0.15) is 30.9 Å². The normalized spacial score (nSPS) is 20.6. The minimum Gasteiger partial charge on any atom is -0.445 e. The SMILES string of the molecule is CN(C[C@@]1(C)Cn2cc([N+](=O)[O-])nc2O1)C1CCN(C(=O)OCc2ccc(C(F)(F)F)cc2)CC1. The molecular weight excluding hydrogens is 471 g/mol. The summed E-state index contributed by atoms with van der Waals surface area (Å²) < 4.78 is 50.8. The van der Waals surface area contributed by atoms with Crippen LogP contribution in [0.15, 0.2) is 30.5 Å². The van der Waals surface area contributed by atoms with E-state index in [9.17, 15) is 28.1 Å². The molecule has 0 unspecified atom stereocenters. The maximum atomic E-state index is 12.7. The minimum atomic E-state index is -4.41. The number of nitro groups is 1. The fourth-order valence-electron chi connectivity index (χ4n) is 4.54. The Morgan fingerprint density at radius 2 is 1.97 bits per heavy atom.